The maximum atomic E-state index is 5.67. The van der Waals surface area contributed by atoms with Crippen LogP contribution in [0.3, 0.4) is 0 Å². The van der Waals surface area contributed by atoms with Gasteiger partial charge in [-0.25, -0.2) is 0 Å². The van der Waals surface area contributed by atoms with Crippen LogP contribution < -0.4 is 5.32 Å². The van der Waals surface area contributed by atoms with Crippen molar-refractivity contribution < 1.29 is 4.74 Å². The van der Waals surface area contributed by atoms with E-state index in [9.17, 15) is 0 Å². The van der Waals surface area contributed by atoms with Crippen LogP contribution in [0.1, 0.15) is 47.0 Å². The summed E-state index contributed by atoms with van der Waals surface area (Å²) in [4.78, 5) is 0. The van der Waals surface area contributed by atoms with Crippen molar-refractivity contribution in [2.75, 3.05) is 13.2 Å². The van der Waals surface area contributed by atoms with Gasteiger partial charge in [-0.2, -0.15) is 0 Å². The second-order valence-electron chi connectivity index (χ2n) is 5.54. The summed E-state index contributed by atoms with van der Waals surface area (Å²) in [5, 5.41) is 3.50. The van der Waals surface area contributed by atoms with Crippen LogP contribution in [0.5, 0.6) is 0 Å². The first-order valence-corrected chi connectivity index (χ1v) is 5.84. The summed E-state index contributed by atoms with van der Waals surface area (Å²) >= 11 is 0. The second kappa shape index (κ2) is 5.13. The lowest BCUT2D eigenvalue weighted by Crippen LogP contribution is -2.35. The molecular formula is C12H25NO. The van der Waals surface area contributed by atoms with Crippen LogP contribution in [0.25, 0.3) is 0 Å². The molecule has 2 heteroatoms. The molecule has 0 aliphatic carbocycles. The zero-order valence-electron chi connectivity index (χ0n) is 10.1. The minimum absolute atomic E-state index is 0.360. The predicted octanol–water partition coefficient (Wildman–Crippen LogP) is 2.58. The standard InChI is InChI=1S/C12H25NO/c1-10(2)13-9-12(3,4)8-11-6-5-7-14-11/h10-11,13H,5-9H2,1-4H3. The molecule has 1 unspecified atom stereocenters. The summed E-state index contributed by atoms with van der Waals surface area (Å²) in [6.07, 6.45) is 4.20. The van der Waals surface area contributed by atoms with E-state index in [4.69, 9.17) is 4.74 Å². The maximum Gasteiger partial charge on any atom is 0.0581 e. The Labute approximate surface area is 88.4 Å². The van der Waals surface area contributed by atoms with Gasteiger partial charge in [-0.05, 0) is 24.7 Å². The van der Waals surface area contributed by atoms with Crippen molar-refractivity contribution in [1.82, 2.24) is 5.32 Å². The molecule has 1 atom stereocenters. The third-order valence-electron chi connectivity index (χ3n) is 2.79. The van der Waals surface area contributed by atoms with Crippen LogP contribution in [0.15, 0.2) is 0 Å². The van der Waals surface area contributed by atoms with Crippen LogP contribution in [0, 0.1) is 5.41 Å². The number of ether oxygens (including phenoxy) is 1. The molecule has 0 radical (unpaired) electrons. The van der Waals surface area contributed by atoms with E-state index in [1.54, 1.807) is 0 Å². The minimum atomic E-state index is 0.360. The quantitative estimate of drug-likeness (QED) is 0.735. The fourth-order valence-electron chi connectivity index (χ4n) is 1.97. The first-order chi connectivity index (χ1) is 6.49. The molecule has 14 heavy (non-hydrogen) atoms. The molecule has 1 saturated heterocycles. The maximum absolute atomic E-state index is 5.67. The van der Waals surface area contributed by atoms with E-state index in [1.807, 2.05) is 0 Å². The van der Waals surface area contributed by atoms with Gasteiger partial charge in [0.25, 0.3) is 0 Å². The Bertz CT molecular complexity index is 160. The van der Waals surface area contributed by atoms with Gasteiger partial charge in [-0.3, -0.25) is 0 Å². The lowest BCUT2D eigenvalue weighted by Gasteiger charge is -2.28. The van der Waals surface area contributed by atoms with E-state index in [0.29, 0.717) is 17.6 Å². The van der Waals surface area contributed by atoms with E-state index in [1.165, 1.54) is 19.3 Å². The third-order valence-corrected chi connectivity index (χ3v) is 2.79. The van der Waals surface area contributed by atoms with Crippen molar-refractivity contribution in [2.45, 2.75) is 59.1 Å². The van der Waals surface area contributed by atoms with Crippen LogP contribution in [0.4, 0.5) is 0 Å². The fraction of sp³-hybridized carbons (Fsp3) is 1.00. The molecule has 1 heterocycles. The van der Waals surface area contributed by atoms with Gasteiger partial charge in [-0.15, -0.1) is 0 Å². The van der Waals surface area contributed by atoms with Crippen LogP contribution in [-0.4, -0.2) is 25.3 Å². The van der Waals surface area contributed by atoms with Gasteiger partial charge >= 0.3 is 0 Å². The Hall–Kier alpha value is -0.0800. The summed E-state index contributed by atoms with van der Waals surface area (Å²) in [5.74, 6) is 0. The van der Waals surface area contributed by atoms with E-state index in [2.05, 4.69) is 33.0 Å². The summed E-state index contributed by atoms with van der Waals surface area (Å²) < 4.78 is 5.67. The number of rotatable bonds is 5. The van der Waals surface area contributed by atoms with E-state index in [-0.39, 0.29) is 0 Å². The number of hydrogen-bond donors (Lipinski definition) is 1. The lowest BCUT2D eigenvalue weighted by atomic mass is 9.85. The molecule has 0 saturated carbocycles. The summed E-state index contributed by atoms with van der Waals surface area (Å²) in [6.45, 7) is 11.1. The molecule has 0 spiro atoms. The number of hydrogen-bond acceptors (Lipinski definition) is 2. The minimum Gasteiger partial charge on any atom is -0.378 e. The Morgan fingerprint density at radius 3 is 2.64 bits per heavy atom. The molecule has 2 nitrogen and oxygen atoms in total. The topological polar surface area (TPSA) is 21.3 Å². The molecule has 0 aromatic heterocycles. The smallest absolute Gasteiger partial charge is 0.0581 e. The predicted molar refractivity (Wildman–Crippen MR) is 60.5 cm³/mol. The molecule has 0 bridgehead atoms. The van der Waals surface area contributed by atoms with Crippen molar-refractivity contribution in [3.8, 4) is 0 Å². The molecule has 0 aromatic rings. The molecule has 84 valence electrons. The van der Waals surface area contributed by atoms with Gasteiger partial charge in [-0.1, -0.05) is 27.7 Å². The number of nitrogens with one attached hydrogen (secondary N) is 1. The first-order valence-electron chi connectivity index (χ1n) is 5.84. The highest BCUT2D eigenvalue weighted by molar-refractivity contribution is 4.79. The van der Waals surface area contributed by atoms with E-state index >= 15 is 0 Å². The normalized spacial score (nSPS) is 23.4. The molecule has 1 N–H and O–H groups in total. The van der Waals surface area contributed by atoms with Gasteiger partial charge in [0.15, 0.2) is 0 Å². The van der Waals surface area contributed by atoms with Crippen LogP contribution >= 0.6 is 0 Å². The molecule has 1 rings (SSSR count). The monoisotopic (exact) mass is 199 g/mol. The molecular weight excluding hydrogens is 174 g/mol. The summed E-state index contributed by atoms with van der Waals surface area (Å²) in [5.41, 5.74) is 0.360. The van der Waals surface area contributed by atoms with E-state index in [0.717, 1.165) is 13.2 Å². The fourth-order valence-corrected chi connectivity index (χ4v) is 1.97. The van der Waals surface area contributed by atoms with Gasteiger partial charge in [0.2, 0.25) is 0 Å². The Balaban J connectivity index is 2.25. The highest BCUT2D eigenvalue weighted by Crippen LogP contribution is 2.27. The molecule has 1 fully saturated rings. The molecule has 1 aliphatic heterocycles. The third kappa shape index (κ3) is 4.43. The average Bonchev–Trinajstić information content (AvgIpc) is 2.53. The van der Waals surface area contributed by atoms with Gasteiger partial charge in [0, 0.05) is 19.2 Å². The zero-order chi connectivity index (χ0) is 10.6. The van der Waals surface area contributed by atoms with Gasteiger partial charge < -0.3 is 10.1 Å². The Morgan fingerprint density at radius 2 is 2.14 bits per heavy atom. The summed E-state index contributed by atoms with van der Waals surface area (Å²) in [6, 6.07) is 0.582. The molecule has 0 amide bonds. The van der Waals surface area contributed by atoms with Crippen molar-refractivity contribution >= 4 is 0 Å². The average molecular weight is 199 g/mol. The zero-order valence-corrected chi connectivity index (χ0v) is 10.1. The van der Waals surface area contributed by atoms with Crippen molar-refractivity contribution in [3.63, 3.8) is 0 Å². The van der Waals surface area contributed by atoms with Gasteiger partial charge in [0.1, 0.15) is 0 Å². The molecule has 0 aromatic carbocycles. The van der Waals surface area contributed by atoms with Crippen LogP contribution in [-0.2, 0) is 4.74 Å². The Kier molecular flexibility index (Phi) is 4.39. The van der Waals surface area contributed by atoms with Crippen molar-refractivity contribution in [2.24, 2.45) is 5.41 Å². The molecule has 1 aliphatic rings. The first kappa shape index (κ1) is 12.0. The van der Waals surface area contributed by atoms with Crippen LogP contribution in [0.2, 0.25) is 0 Å². The Morgan fingerprint density at radius 1 is 1.43 bits per heavy atom. The van der Waals surface area contributed by atoms with Gasteiger partial charge in [0.05, 0.1) is 6.10 Å². The largest absolute Gasteiger partial charge is 0.378 e. The lowest BCUT2D eigenvalue weighted by molar-refractivity contribution is 0.0707. The van der Waals surface area contributed by atoms with Crippen molar-refractivity contribution in [1.29, 1.82) is 0 Å². The summed E-state index contributed by atoms with van der Waals surface area (Å²) in [7, 11) is 0. The highest BCUT2D eigenvalue weighted by atomic mass is 16.5. The second-order valence-corrected chi connectivity index (χ2v) is 5.54. The van der Waals surface area contributed by atoms with E-state index < -0.39 is 0 Å². The SMILES string of the molecule is CC(C)NCC(C)(C)CC1CCCO1. The highest BCUT2D eigenvalue weighted by Gasteiger charge is 2.26. The van der Waals surface area contributed by atoms with Crippen molar-refractivity contribution in [3.05, 3.63) is 0 Å².